The molecule has 0 spiro atoms. The predicted molar refractivity (Wildman–Crippen MR) is 135 cm³/mol. The van der Waals surface area contributed by atoms with Crippen LogP contribution in [-0.4, -0.2) is 23.4 Å². The van der Waals surface area contributed by atoms with Crippen LogP contribution in [0.15, 0.2) is 115 Å². The molecule has 1 unspecified atom stereocenters. The summed E-state index contributed by atoms with van der Waals surface area (Å²) in [6, 6.07) is 26.7. The molecule has 0 aromatic heterocycles. The molecule has 2 N–H and O–H groups in total. The minimum atomic E-state index is -0.865. The Labute approximate surface area is 204 Å². The van der Waals surface area contributed by atoms with E-state index in [4.69, 9.17) is 10.6 Å². The van der Waals surface area contributed by atoms with Crippen LogP contribution in [0, 0.1) is 0 Å². The molecule has 6 heteroatoms. The first-order valence-electron chi connectivity index (χ1n) is 11.4. The lowest BCUT2D eigenvalue weighted by Crippen LogP contribution is -2.39. The first kappa shape index (κ1) is 22.4. The van der Waals surface area contributed by atoms with E-state index in [0.29, 0.717) is 12.7 Å². The number of hydrogen-bond donors (Lipinski definition) is 1. The van der Waals surface area contributed by atoms with E-state index in [-0.39, 0.29) is 11.6 Å². The smallest absolute Gasteiger partial charge is 0.335 e. The first-order valence-corrected chi connectivity index (χ1v) is 11.4. The highest BCUT2D eigenvalue weighted by Gasteiger charge is 2.36. The standard InChI is InChI=1S/C29H25N3O3/c30-26(17-22-11-5-2-6-12-22)29(34)35-32-19-28-25(18-23(32)20-33)24-13-7-8-14-27(24)31(28)16-15-21-9-3-1-4-10-21/h1-16,18-20,25-26H,17,30H2/b16-15+/t25?,26-/m1/s1. The Morgan fingerprint density at radius 1 is 0.971 bits per heavy atom. The van der Waals surface area contributed by atoms with Gasteiger partial charge in [0.15, 0.2) is 6.29 Å². The Morgan fingerprint density at radius 2 is 1.66 bits per heavy atom. The minimum Gasteiger partial charge on any atom is -0.335 e. The van der Waals surface area contributed by atoms with E-state index in [1.807, 2.05) is 103 Å². The highest BCUT2D eigenvalue weighted by Crippen LogP contribution is 2.47. The third kappa shape index (κ3) is 4.65. The molecular formula is C29H25N3O3. The normalized spacial score (nSPS) is 17.3. The molecule has 0 fully saturated rings. The quantitative estimate of drug-likeness (QED) is 0.519. The van der Waals surface area contributed by atoms with E-state index >= 15 is 0 Å². The van der Waals surface area contributed by atoms with Gasteiger partial charge in [0, 0.05) is 17.8 Å². The average Bonchev–Trinajstić information content (AvgIpc) is 3.20. The number of carbonyl (C=O) groups is 2. The molecule has 6 nitrogen and oxygen atoms in total. The molecule has 5 rings (SSSR count). The molecule has 0 radical (unpaired) electrons. The van der Waals surface area contributed by atoms with E-state index in [1.54, 1.807) is 6.20 Å². The Kier molecular flexibility index (Phi) is 6.28. The number of hydroxylamine groups is 2. The fourth-order valence-corrected chi connectivity index (χ4v) is 4.35. The van der Waals surface area contributed by atoms with Crippen LogP contribution in [0.5, 0.6) is 0 Å². The Bertz CT molecular complexity index is 1320. The molecule has 0 saturated heterocycles. The average molecular weight is 464 g/mol. The van der Waals surface area contributed by atoms with Crippen molar-refractivity contribution >= 4 is 24.0 Å². The van der Waals surface area contributed by atoms with Crippen LogP contribution >= 0.6 is 0 Å². The molecule has 174 valence electrons. The lowest BCUT2D eigenvalue weighted by Gasteiger charge is -2.29. The SMILES string of the molecule is N[C@H](Cc1ccccc1)C(=O)ON1C=C2C(C=C1C=O)c1ccccc1N2/C=C/c1ccccc1. The second-order valence-electron chi connectivity index (χ2n) is 8.43. The minimum absolute atomic E-state index is 0.139. The van der Waals surface area contributed by atoms with Crippen molar-refractivity contribution in [2.75, 3.05) is 4.90 Å². The number of nitrogens with zero attached hydrogens (tertiary/aromatic N) is 2. The van der Waals surface area contributed by atoms with Crippen molar-refractivity contribution < 1.29 is 14.4 Å². The van der Waals surface area contributed by atoms with Crippen molar-refractivity contribution in [3.63, 3.8) is 0 Å². The Balaban J connectivity index is 1.42. The largest absolute Gasteiger partial charge is 0.349 e. The van der Waals surface area contributed by atoms with Gasteiger partial charge in [-0.3, -0.25) is 4.79 Å². The maximum absolute atomic E-state index is 12.8. The number of carbonyl (C=O) groups excluding carboxylic acids is 2. The molecule has 3 aromatic carbocycles. The zero-order chi connectivity index (χ0) is 24.2. The molecule has 35 heavy (non-hydrogen) atoms. The summed E-state index contributed by atoms with van der Waals surface area (Å²) >= 11 is 0. The van der Waals surface area contributed by atoms with Crippen LogP contribution in [0.4, 0.5) is 5.69 Å². The van der Waals surface area contributed by atoms with Gasteiger partial charge in [-0.1, -0.05) is 78.9 Å². The zero-order valence-electron chi connectivity index (χ0n) is 19.0. The highest BCUT2D eigenvalue weighted by molar-refractivity contribution is 5.81. The summed E-state index contributed by atoms with van der Waals surface area (Å²) < 4.78 is 0. The number of allylic oxidation sites excluding steroid dienone is 2. The van der Waals surface area contributed by atoms with Crippen LogP contribution in [0.2, 0.25) is 0 Å². The predicted octanol–water partition coefficient (Wildman–Crippen LogP) is 4.53. The lowest BCUT2D eigenvalue weighted by molar-refractivity contribution is -0.173. The van der Waals surface area contributed by atoms with Crippen LogP contribution in [-0.2, 0) is 20.8 Å². The van der Waals surface area contributed by atoms with Crippen LogP contribution in [0.25, 0.3) is 6.08 Å². The van der Waals surface area contributed by atoms with E-state index in [0.717, 1.165) is 28.1 Å². The molecule has 2 atom stereocenters. The zero-order valence-corrected chi connectivity index (χ0v) is 19.0. The van der Waals surface area contributed by atoms with Crippen molar-refractivity contribution in [1.29, 1.82) is 0 Å². The number of aldehydes is 1. The van der Waals surface area contributed by atoms with Gasteiger partial charge in [0.1, 0.15) is 11.7 Å². The lowest BCUT2D eigenvalue weighted by atomic mass is 9.96. The fraction of sp³-hybridized carbons (Fsp3) is 0.103. The molecule has 2 aliphatic heterocycles. The van der Waals surface area contributed by atoms with Crippen molar-refractivity contribution in [3.05, 3.63) is 131 Å². The number of hydrogen-bond acceptors (Lipinski definition) is 6. The maximum Gasteiger partial charge on any atom is 0.349 e. The number of para-hydroxylation sites is 1. The second-order valence-corrected chi connectivity index (χ2v) is 8.43. The molecule has 2 heterocycles. The van der Waals surface area contributed by atoms with Crippen LogP contribution in [0.1, 0.15) is 22.6 Å². The Morgan fingerprint density at radius 3 is 2.40 bits per heavy atom. The summed E-state index contributed by atoms with van der Waals surface area (Å²) in [6.45, 7) is 0. The van der Waals surface area contributed by atoms with Crippen molar-refractivity contribution in [3.8, 4) is 0 Å². The fourth-order valence-electron chi connectivity index (χ4n) is 4.35. The van der Waals surface area contributed by atoms with Gasteiger partial charge in [0.25, 0.3) is 0 Å². The third-order valence-electron chi connectivity index (χ3n) is 6.10. The van der Waals surface area contributed by atoms with Gasteiger partial charge in [0.2, 0.25) is 0 Å². The molecule has 2 aliphatic rings. The van der Waals surface area contributed by atoms with E-state index < -0.39 is 12.0 Å². The van der Waals surface area contributed by atoms with E-state index in [2.05, 4.69) is 4.90 Å². The van der Waals surface area contributed by atoms with Crippen molar-refractivity contribution in [1.82, 2.24) is 5.06 Å². The molecule has 0 bridgehead atoms. The maximum atomic E-state index is 12.8. The molecule has 3 aromatic rings. The van der Waals surface area contributed by atoms with Gasteiger partial charge in [-0.05, 0) is 41.3 Å². The van der Waals surface area contributed by atoms with Gasteiger partial charge in [-0.25, -0.2) is 4.79 Å². The number of anilines is 1. The summed E-state index contributed by atoms with van der Waals surface area (Å²) in [5, 5.41) is 1.22. The van der Waals surface area contributed by atoms with E-state index in [1.165, 1.54) is 5.06 Å². The molecular weight excluding hydrogens is 438 g/mol. The van der Waals surface area contributed by atoms with Gasteiger partial charge in [-0.15, -0.1) is 0 Å². The van der Waals surface area contributed by atoms with Gasteiger partial charge < -0.3 is 15.5 Å². The third-order valence-corrected chi connectivity index (χ3v) is 6.10. The van der Waals surface area contributed by atoms with Crippen molar-refractivity contribution in [2.24, 2.45) is 5.73 Å². The summed E-state index contributed by atoms with van der Waals surface area (Å²) in [5.41, 5.74) is 11.3. The highest BCUT2D eigenvalue weighted by atomic mass is 16.7. The van der Waals surface area contributed by atoms with E-state index in [9.17, 15) is 9.59 Å². The summed E-state index contributed by atoms with van der Waals surface area (Å²) in [4.78, 5) is 32.3. The monoisotopic (exact) mass is 463 g/mol. The topological polar surface area (TPSA) is 75.9 Å². The van der Waals surface area contributed by atoms with Crippen molar-refractivity contribution in [2.45, 2.75) is 18.4 Å². The summed E-state index contributed by atoms with van der Waals surface area (Å²) in [7, 11) is 0. The Hall–Kier alpha value is -4.42. The molecule has 0 aliphatic carbocycles. The second kappa shape index (κ2) is 9.83. The van der Waals surface area contributed by atoms with Gasteiger partial charge in [0.05, 0.1) is 11.9 Å². The summed E-state index contributed by atoms with van der Waals surface area (Å²) in [6.07, 6.45) is 8.54. The number of nitrogens with two attached hydrogens (primary N) is 1. The van der Waals surface area contributed by atoms with Gasteiger partial charge >= 0.3 is 5.97 Å². The van der Waals surface area contributed by atoms with Gasteiger partial charge in [-0.2, -0.15) is 5.06 Å². The van der Waals surface area contributed by atoms with Crippen LogP contribution in [0.3, 0.4) is 0 Å². The van der Waals surface area contributed by atoms with Crippen LogP contribution < -0.4 is 10.6 Å². The molecule has 0 amide bonds. The molecule has 0 saturated carbocycles. The summed E-state index contributed by atoms with van der Waals surface area (Å²) in [5.74, 6) is -0.751. The number of rotatable bonds is 7. The first-order chi connectivity index (χ1) is 17.1. The number of fused-ring (bicyclic) bond motifs is 3. The number of benzene rings is 3.